The van der Waals surface area contributed by atoms with Gasteiger partial charge in [0.05, 0.1) is 11.1 Å². The van der Waals surface area contributed by atoms with Crippen molar-refractivity contribution in [3.63, 3.8) is 0 Å². The van der Waals surface area contributed by atoms with Gasteiger partial charge in [-0.15, -0.1) is 26.3 Å². The van der Waals surface area contributed by atoms with Crippen LogP contribution in [0.2, 0.25) is 0 Å². The summed E-state index contributed by atoms with van der Waals surface area (Å²) in [7, 11) is -2.81. The maximum Gasteiger partial charge on any atom is 0.550 e. The van der Waals surface area contributed by atoms with Gasteiger partial charge in [-0.2, -0.15) is 9.59 Å². The number of aryl methyl sites for hydroxylation is 2. The van der Waals surface area contributed by atoms with E-state index in [4.69, 9.17) is 29.0 Å². The summed E-state index contributed by atoms with van der Waals surface area (Å²) >= 11 is 0. The zero-order valence-electron chi connectivity index (χ0n) is 32.6. The first-order valence-corrected chi connectivity index (χ1v) is 22.4. The van der Waals surface area contributed by atoms with Crippen LogP contribution in [0.3, 0.4) is 0 Å². The topological polar surface area (TPSA) is 124 Å². The predicted molar refractivity (Wildman–Crippen MR) is 214 cm³/mol. The van der Waals surface area contributed by atoms with Crippen LogP contribution in [-0.4, -0.2) is 54.1 Å². The first-order valence-electron chi connectivity index (χ1n) is 19.1. The Hall–Kier alpha value is -4.69. The first kappa shape index (κ1) is 43.0. The zero-order valence-corrected chi connectivity index (χ0v) is 34.6. The SMILES string of the molecule is C=C[Si](C=C)c1cc(CC)ccc1C(=O)OOC(=O)OC1CCC(C(C)(C)C2CCC(OC(=O)OOC(=O)c3ccc(CC)cc3[Si](C=C)C=C)CC2)CC1. The predicted octanol–water partition coefficient (Wildman–Crippen LogP) is 8.41. The van der Waals surface area contributed by atoms with E-state index < -0.39 is 41.8 Å². The second-order valence-corrected chi connectivity index (χ2v) is 19.1. The summed E-state index contributed by atoms with van der Waals surface area (Å²) in [6.07, 6.45) is 4.97. The Morgan fingerprint density at radius 1 is 0.600 bits per heavy atom. The molecule has 0 atom stereocenters. The molecule has 0 aromatic heterocycles. The average molecular weight is 787 g/mol. The number of benzene rings is 2. The highest BCUT2D eigenvalue weighted by Gasteiger charge is 2.42. The van der Waals surface area contributed by atoms with Gasteiger partial charge >= 0.3 is 24.2 Å². The van der Waals surface area contributed by atoms with Crippen molar-refractivity contribution in [2.24, 2.45) is 17.3 Å². The van der Waals surface area contributed by atoms with Crippen molar-refractivity contribution in [2.45, 2.75) is 104 Å². The summed E-state index contributed by atoms with van der Waals surface area (Å²) in [6.45, 7) is 24.1. The molecule has 0 bridgehead atoms. The Bertz CT molecular complexity index is 1580. The fourth-order valence-electron chi connectivity index (χ4n) is 7.79. The Morgan fingerprint density at radius 3 is 1.25 bits per heavy atom. The van der Waals surface area contributed by atoms with Gasteiger partial charge in [-0.1, -0.05) is 74.8 Å². The summed E-state index contributed by atoms with van der Waals surface area (Å²) in [5, 5.41) is 1.55. The Labute approximate surface area is 328 Å². The van der Waals surface area contributed by atoms with Gasteiger partial charge in [-0.05, 0) is 115 Å². The van der Waals surface area contributed by atoms with Crippen LogP contribution in [0.25, 0.3) is 0 Å². The van der Waals surface area contributed by atoms with Gasteiger partial charge < -0.3 is 9.47 Å². The maximum atomic E-state index is 12.9. The van der Waals surface area contributed by atoms with Crippen LogP contribution in [0.4, 0.5) is 9.59 Å². The molecule has 2 aromatic carbocycles. The van der Waals surface area contributed by atoms with E-state index in [1.807, 2.05) is 38.1 Å². The molecule has 2 aromatic rings. The van der Waals surface area contributed by atoms with Crippen LogP contribution in [0.5, 0.6) is 0 Å². The largest absolute Gasteiger partial charge is 0.550 e. The number of rotatable bonds is 14. The Morgan fingerprint density at radius 2 is 0.945 bits per heavy atom. The average Bonchev–Trinajstić information content (AvgIpc) is 3.20. The van der Waals surface area contributed by atoms with Gasteiger partial charge in [0.15, 0.2) is 0 Å². The molecule has 294 valence electrons. The molecule has 2 fully saturated rings. The third-order valence-electron chi connectivity index (χ3n) is 11.3. The van der Waals surface area contributed by atoms with E-state index in [0.29, 0.717) is 48.6 Å². The lowest BCUT2D eigenvalue weighted by Crippen LogP contribution is -2.39. The number of carbonyl (C=O) groups is 4. The molecule has 2 saturated carbocycles. The van der Waals surface area contributed by atoms with Gasteiger partial charge in [0, 0.05) is 0 Å². The molecule has 0 spiro atoms. The van der Waals surface area contributed by atoms with Crippen LogP contribution >= 0.6 is 0 Å². The van der Waals surface area contributed by atoms with Crippen molar-refractivity contribution < 1.29 is 48.2 Å². The van der Waals surface area contributed by atoms with Crippen molar-refractivity contribution >= 4 is 52.2 Å². The fraction of sp³-hybridized carbons (Fsp3) is 0.442. The lowest BCUT2D eigenvalue weighted by molar-refractivity contribution is -0.209. The molecule has 55 heavy (non-hydrogen) atoms. The fourth-order valence-corrected chi connectivity index (χ4v) is 10.7. The monoisotopic (exact) mass is 786 g/mol. The minimum Gasteiger partial charge on any atom is -0.428 e. The van der Waals surface area contributed by atoms with E-state index in [2.05, 4.69) is 40.2 Å². The van der Waals surface area contributed by atoms with Gasteiger partial charge in [0.2, 0.25) is 0 Å². The molecule has 2 aliphatic carbocycles. The molecule has 2 aliphatic rings. The molecule has 0 saturated heterocycles. The second kappa shape index (κ2) is 20.3. The molecular weight excluding hydrogens is 733 g/mol. The van der Waals surface area contributed by atoms with E-state index in [9.17, 15) is 19.2 Å². The standard InChI is InChI=1S/C43H54O10Si2/c1-9-29-15-25-35(37(27-29)54(11-3)12-4)39(44)50-52-41(46)48-33-21-17-31(18-22-33)43(7,8)32-19-23-34(24-20-32)49-42(47)53-51-40(45)36-26-16-30(10-2)28-38(36)55(13-5)14-6/h11-16,25-28,31-34H,3-6,9-10,17-24H2,1-2,7-8H3. The highest BCUT2D eigenvalue weighted by Crippen LogP contribution is 2.49. The number of carbonyl (C=O) groups excluding carboxylic acids is 4. The minimum absolute atomic E-state index is 0.00636. The van der Waals surface area contributed by atoms with Crippen molar-refractivity contribution in [1.82, 2.24) is 0 Å². The third-order valence-corrected chi connectivity index (χ3v) is 15.1. The summed E-state index contributed by atoms with van der Waals surface area (Å²) < 4.78 is 11.0. The van der Waals surface area contributed by atoms with E-state index >= 15 is 0 Å². The summed E-state index contributed by atoms with van der Waals surface area (Å²) in [6, 6.07) is 10.9. The molecule has 2 radical (unpaired) electrons. The molecule has 4 rings (SSSR count). The molecule has 0 heterocycles. The molecule has 0 amide bonds. The van der Waals surface area contributed by atoms with E-state index in [0.717, 1.165) is 60.0 Å². The van der Waals surface area contributed by atoms with Gasteiger partial charge in [-0.25, -0.2) is 29.1 Å². The lowest BCUT2D eigenvalue weighted by Gasteiger charge is -2.46. The van der Waals surface area contributed by atoms with Crippen LogP contribution in [0.15, 0.2) is 85.5 Å². The zero-order chi connectivity index (χ0) is 40.1. The van der Waals surface area contributed by atoms with Gasteiger partial charge in [-0.3, -0.25) is 0 Å². The summed E-state index contributed by atoms with van der Waals surface area (Å²) in [4.78, 5) is 70.2. The Balaban J connectivity index is 1.19. The van der Waals surface area contributed by atoms with Crippen LogP contribution in [0, 0.1) is 17.3 Å². The van der Waals surface area contributed by atoms with Crippen LogP contribution < -0.4 is 10.4 Å². The third kappa shape index (κ3) is 11.2. The quantitative estimate of drug-likeness (QED) is 0.0798. The van der Waals surface area contributed by atoms with Crippen molar-refractivity contribution in [3.05, 3.63) is 108 Å². The van der Waals surface area contributed by atoms with Crippen molar-refractivity contribution in [2.75, 3.05) is 0 Å². The maximum absolute atomic E-state index is 12.9. The van der Waals surface area contributed by atoms with E-state index in [1.54, 1.807) is 34.9 Å². The minimum atomic E-state index is -1.41. The second-order valence-electron chi connectivity index (χ2n) is 14.6. The molecule has 0 aliphatic heterocycles. The Kier molecular flexibility index (Phi) is 15.9. The van der Waals surface area contributed by atoms with Gasteiger partial charge in [0.1, 0.15) is 29.8 Å². The number of hydrogen-bond donors (Lipinski definition) is 0. The highest BCUT2D eigenvalue weighted by atomic mass is 28.3. The highest BCUT2D eigenvalue weighted by molar-refractivity contribution is 6.83. The molecule has 10 nitrogen and oxygen atoms in total. The molecular formula is C43H54O10Si2. The smallest absolute Gasteiger partial charge is 0.428 e. The van der Waals surface area contributed by atoms with Crippen molar-refractivity contribution in [1.29, 1.82) is 0 Å². The van der Waals surface area contributed by atoms with Crippen LogP contribution in [-0.2, 0) is 41.9 Å². The summed E-state index contributed by atoms with van der Waals surface area (Å²) in [5.74, 6) is -0.741. The van der Waals surface area contributed by atoms with Crippen LogP contribution in [0.1, 0.15) is 111 Å². The van der Waals surface area contributed by atoms with Crippen molar-refractivity contribution in [3.8, 4) is 0 Å². The normalized spacial score (nSPS) is 19.7. The van der Waals surface area contributed by atoms with Gasteiger partial charge in [0.25, 0.3) is 0 Å². The molecule has 0 unspecified atom stereocenters. The molecule has 12 heteroatoms. The van der Waals surface area contributed by atoms with E-state index in [1.165, 1.54) is 0 Å². The van der Waals surface area contributed by atoms with E-state index in [-0.39, 0.29) is 17.6 Å². The number of hydrogen-bond acceptors (Lipinski definition) is 10. The molecule has 0 N–H and O–H groups in total. The summed E-state index contributed by atoms with van der Waals surface area (Å²) in [5.41, 5.74) is 9.87. The lowest BCUT2D eigenvalue weighted by atomic mass is 9.60. The number of ether oxygens (including phenoxy) is 2. The first-order chi connectivity index (χ1) is 26.4.